The quantitative estimate of drug-likeness (QED) is 0.743. The maximum atomic E-state index is 11.3. The normalized spacial score (nSPS) is 19.6. The fourth-order valence-electron chi connectivity index (χ4n) is 2.53. The SMILES string of the molecule is O=C(O)C1(NCC(O)c2ccccc2)CCCC1. The molecule has 4 nitrogen and oxygen atoms in total. The highest BCUT2D eigenvalue weighted by molar-refractivity contribution is 5.79. The van der Waals surface area contributed by atoms with E-state index in [9.17, 15) is 15.0 Å². The Labute approximate surface area is 107 Å². The second-order valence-electron chi connectivity index (χ2n) is 4.90. The van der Waals surface area contributed by atoms with Gasteiger partial charge < -0.3 is 10.2 Å². The first-order valence-electron chi connectivity index (χ1n) is 6.35. The van der Waals surface area contributed by atoms with E-state index in [2.05, 4.69) is 5.32 Å². The van der Waals surface area contributed by atoms with E-state index >= 15 is 0 Å². The minimum atomic E-state index is -0.838. The van der Waals surface area contributed by atoms with Crippen LogP contribution in [0.15, 0.2) is 30.3 Å². The van der Waals surface area contributed by atoms with Crippen LogP contribution in [0.4, 0.5) is 0 Å². The molecule has 0 amide bonds. The van der Waals surface area contributed by atoms with Crippen molar-refractivity contribution >= 4 is 5.97 Å². The Bertz CT molecular complexity index is 399. The van der Waals surface area contributed by atoms with Crippen LogP contribution in [0.1, 0.15) is 37.4 Å². The van der Waals surface area contributed by atoms with Crippen molar-refractivity contribution in [2.24, 2.45) is 0 Å². The van der Waals surface area contributed by atoms with Gasteiger partial charge in [0.05, 0.1) is 6.10 Å². The fourth-order valence-corrected chi connectivity index (χ4v) is 2.53. The van der Waals surface area contributed by atoms with E-state index in [1.807, 2.05) is 30.3 Å². The number of hydrogen-bond donors (Lipinski definition) is 3. The highest BCUT2D eigenvalue weighted by Gasteiger charge is 2.41. The zero-order chi connectivity index (χ0) is 13.0. The molecule has 18 heavy (non-hydrogen) atoms. The Morgan fingerprint density at radius 3 is 2.44 bits per heavy atom. The van der Waals surface area contributed by atoms with Gasteiger partial charge in [0.15, 0.2) is 0 Å². The first-order chi connectivity index (χ1) is 8.64. The van der Waals surface area contributed by atoms with E-state index in [1.165, 1.54) is 0 Å². The monoisotopic (exact) mass is 249 g/mol. The van der Waals surface area contributed by atoms with Gasteiger partial charge in [0, 0.05) is 6.54 Å². The van der Waals surface area contributed by atoms with Gasteiger partial charge in [-0.15, -0.1) is 0 Å². The van der Waals surface area contributed by atoms with Crippen LogP contribution in [0.2, 0.25) is 0 Å². The van der Waals surface area contributed by atoms with Gasteiger partial charge in [0.1, 0.15) is 5.54 Å². The van der Waals surface area contributed by atoms with Crippen LogP contribution in [-0.4, -0.2) is 28.3 Å². The van der Waals surface area contributed by atoms with Crippen molar-refractivity contribution in [2.45, 2.75) is 37.3 Å². The molecule has 1 unspecified atom stereocenters. The molecule has 1 atom stereocenters. The van der Waals surface area contributed by atoms with Crippen LogP contribution in [0.5, 0.6) is 0 Å². The van der Waals surface area contributed by atoms with Crippen LogP contribution in [0.3, 0.4) is 0 Å². The number of benzene rings is 1. The van der Waals surface area contributed by atoms with Crippen LogP contribution < -0.4 is 5.32 Å². The van der Waals surface area contributed by atoms with Gasteiger partial charge >= 0.3 is 5.97 Å². The third-order valence-electron chi connectivity index (χ3n) is 3.68. The van der Waals surface area contributed by atoms with Crippen molar-refractivity contribution in [3.8, 4) is 0 Å². The summed E-state index contributed by atoms with van der Waals surface area (Å²) in [5.74, 6) is -0.805. The van der Waals surface area contributed by atoms with Crippen LogP contribution in [-0.2, 0) is 4.79 Å². The van der Waals surface area contributed by atoms with Crippen molar-refractivity contribution in [1.29, 1.82) is 0 Å². The third kappa shape index (κ3) is 2.71. The highest BCUT2D eigenvalue weighted by atomic mass is 16.4. The van der Waals surface area contributed by atoms with Gasteiger partial charge in [-0.25, -0.2) is 0 Å². The smallest absolute Gasteiger partial charge is 0.323 e. The lowest BCUT2D eigenvalue weighted by atomic mass is 9.97. The van der Waals surface area contributed by atoms with E-state index < -0.39 is 17.6 Å². The zero-order valence-corrected chi connectivity index (χ0v) is 10.3. The molecule has 1 fully saturated rings. The minimum Gasteiger partial charge on any atom is -0.480 e. The first-order valence-corrected chi connectivity index (χ1v) is 6.35. The molecule has 1 aliphatic carbocycles. The van der Waals surface area contributed by atoms with Gasteiger partial charge in [-0.3, -0.25) is 10.1 Å². The van der Waals surface area contributed by atoms with E-state index in [0.717, 1.165) is 18.4 Å². The van der Waals surface area contributed by atoms with Crippen LogP contribution >= 0.6 is 0 Å². The lowest BCUT2D eigenvalue weighted by molar-refractivity contribution is -0.144. The summed E-state index contributed by atoms with van der Waals surface area (Å²) in [6.45, 7) is 0.274. The number of β-amino-alcohol motifs (C(OH)–C–C–N with tert-alkyl or cyclic N) is 1. The predicted octanol–water partition coefficient (Wildman–Crippen LogP) is 1.71. The highest BCUT2D eigenvalue weighted by Crippen LogP contribution is 2.30. The molecule has 1 saturated carbocycles. The number of aliphatic carboxylic acids is 1. The van der Waals surface area contributed by atoms with Crippen molar-refractivity contribution in [1.82, 2.24) is 5.32 Å². The zero-order valence-electron chi connectivity index (χ0n) is 10.3. The van der Waals surface area contributed by atoms with Gasteiger partial charge in [-0.05, 0) is 18.4 Å². The van der Waals surface area contributed by atoms with Crippen molar-refractivity contribution in [3.05, 3.63) is 35.9 Å². The molecule has 3 N–H and O–H groups in total. The Morgan fingerprint density at radius 2 is 1.89 bits per heavy atom. The Hall–Kier alpha value is -1.39. The number of aliphatic hydroxyl groups is 1. The number of carboxylic acid groups (broad SMARTS) is 1. The topological polar surface area (TPSA) is 69.6 Å². The van der Waals surface area contributed by atoms with Gasteiger partial charge in [-0.1, -0.05) is 43.2 Å². The fraction of sp³-hybridized carbons (Fsp3) is 0.500. The van der Waals surface area contributed by atoms with Gasteiger partial charge in [-0.2, -0.15) is 0 Å². The number of carbonyl (C=O) groups is 1. The average Bonchev–Trinajstić information content (AvgIpc) is 2.87. The maximum Gasteiger partial charge on any atom is 0.323 e. The van der Waals surface area contributed by atoms with E-state index in [-0.39, 0.29) is 6.54 Å². The molecule has 1 aromatic rings. The summed E-state index contributed by atoms with van der Waals surface area (Å²) < 4.78 is 0. The molecule has 1 aromatic carbocycles. The summed E-state index contributed by atoms with van der Waals surface area (Å²) in [6.07, 6.45) is 2.48. The number of rotatable bonds is 5. The number of aliphatic hydroxyl groups excluding tert-OH is 1. The number of hydrogen-bond acceptors (Lipinski definition) is 3. The largest absolute Gasteiger partial charge is 0.480 e. The third-order valence-corrected chi connectivity index (χ3v) is 3.68. The van der Waals surface area contributed by atoms with E-state index in [4.69, 9.17) is 0 Å². The molecule has 98 valence electrons. The molecule has 0 heterocycles. The molecule has 2 rings (SSSR count). The van der Waals surface area contributed by atoms with E-state index in [1.54, 1.807) is 0 Å². The standard InChI is InChI=1S/C14H19NO3/c16-12(11-6-2-1-3-7-11)10-15-14(13(17)18)8-4-5-9-14/h1-3,6-7,12,15-16H,4-5,8-10H2,(H,17,18). The summed E-state index contributed by atoms with van der Waals surface area (Å²) in [7, 11) is 0. The lowest BCUT2D eigenvalue weighted by Gasteiger charge is -2.27. The molecule has 0 saturated heterocycles. The summed E-state index contributed by atoms with van der Waals surface area (Å²) in [6, 6.07) is 9.30. The van der Waals surface area contributed by atoms with Crippen molar-refractivity contribution in [2.75, 3.05) is 6.54 Å². The molecule has 0 radical (unpaired) electrons. The van der Waals surface area contributed by atoms with Crippen LogP contribution in [0.25, 0.3) is 0 Å². The van der Waals surface area contributed by atoms with Crippen molar-refractivity contribution < 1.29 is 15.0 Å². The van der Waals surface area contributed by atoms with Gasteiger partial charge in [0.2, 0.25) is 0 Å². The molecule has 0 aromatic heterocycles. The molecule has 1 aliphatic rings. The minimum absolute atomic E-state index is 0.274. The molecular weight excluding hydrogens is 230 g/mol. The van der Waals surface area contributed by atoms with Crippen molar-refractivity contribution in [3.63, 3.8) is 0 Å². The molecule has 0 spiro atoms. The van der Waals surface area contributed by atoms with E-state index in [0.29, 0.717) is 12.8 Å². The summed E-state index contributed by atoms with van der Waals surface area (Å²) in [5, 5.41) is 22.4. The van der Waals surface area contributed by atoms with Gasteiger partial charge in [0.25, 0.3) is 0 Å². The second kappa shape index (κ2) is 5.50. The predicted molar refractivity (Wildman–Crippen MR) is 68.2 cm³/mol. The Kier molecular flexibility index (Phi) is 3.99. The average molecular weight is 249 g/mol. The van der Waals surface area contributed by atoms with Crippen LogP contribution in [0, 0.1) is 0 Å². The number of carboxylic acids is 1. The molecule has 0 aliphatic heterocycles. The first kappa shape index (κ1) is 13.1. The molecule has 0 bridgehead atoms. The summed E-state index contributed by atoms with van der Waals surface area (Å²) >= 11 is 0. The lowest BCUT2D eigenvalue weighted by Crippen LogP contribution is -2.51. The summed E-state index contributed by atoms with van der Waals surface area (Å²) in [4.78, 5) is 11.3. The summed E-state index contributed by atoms with van der Waals surface area (Å²) in [5.41, 5.74) is -0.0287. The Balaban J connectivity index is 1.96. The second-order valence-corrected chi connectivity index (χ2v) is 4.90. The Morgan fingerprint density at radius 1 is 1.28 bits per heavy atom. The molecular formula is C14H19NO3. The maximum absolute atomic E-state index is 11.3. The number of nitrogens with one attached hydrogen (secondary N) is 1. The molecule has 4 heteroatoms.